The first-order valence-corrected chi connectivity index (χ1v) is 5.01. The second kappa shape index (κ2) is 5.94. The van der Waals surface area contributed by atoms with Crippen molar-refractivity contribution in [1.82, 2.24) is 10.6 Å². The Morgan fingerprint density at radius 3 is 3.08 bits per heavy atom. The molecule has 1 aliphatic rings. The van der Waals surface area contributed by atoms with Crippen molar-refractivity contribution in [3.05, 3.63) is 11.6 Å². The Morgan fingerprint density at radius 1 is 1.62 bits per heavy atom. The molecular formula is C9H16N2OS. The van der Waals surface area contributed by atoms with E-state index in [-0.39, 0.29) is 0 Å². The molecule has 0 saturated heterocycles. The summed E-state index contributed by atoms with van der Waals surface area (Å²) in [4.78, 5) is 0. The van der Waals surface area contributed by atoms with Crippen LogP contribution in [0.25, 0.3) is 0 Å². The fourth-order valence-electron chi connectivity index (χ4n) is 1.15. The van der Waals surface area contributed by atoms with Crippen molar-refractivity contribution in [1.29, 1.82) is 0 Å². The lowest BCUT2D eigenvalue weighted by Crippen LogP contribution is -2.36. The van der Waals surface area contributed by atoms with Gasteiger partial charge in [0, 0.05) is 13.1 Å². The molecule has 0 spiro atoms. The van der Waals surface area contributed by atoms with Crippen LogP contribution in [0, 0.1) is 0 Å². The van der Waals surface area contributed by atoms with E-state index >= 15 is 0 Å². The van der Waals surface area contributed by atoms with Crippen LogP contribution in [0.2, 0.25) is 0 Å². The molecule has 1 heterocycles. The van der Waals surface area contributed by atoms with Crippen molar-refractivity contribution >= 4 is 17.3 Å². The Hall–Kier alpha value is -0.610. The van der Waals surface area contributed by atoms with E-state index in [1.54, 1.807) is 0 Å². The van der Waals surface area contributed by atoms with E-state index in [0.29, 0.717) is 5.11 Å². The van der Waals surface area contributed by atoms with Crippen LogP contribution in [0.1, 0.15) is 13.3 Å². The van der Waals surface area contributed by atoms with E-state index in [4.69, 9.17) is 17.0 Å². The maximum Gasteiger partial charge on any atom is 0.166 e. The zero-order chi connectivity index (χ0) is 9.52. The minimum Gasteiger partial charge on any atom is -0.377 e. The van der Waals surface area contributed by atoms with Crippen LogP contribution in [0.15, 0.2) is 11.6 Å². The van der Waals surface area contributed by atoms with Crippen LogP contribution in [-0.2, 0) is 4.74 Å². The van der Waals surface area contributed by atoms with Gasteiger partial charge in [-0.15, -0.1) is 0 Å². The van der Waals surface area contributed by atoms with Crippen molar-refractivity contribution in [3.8, 4) is 0 Å². The first-order chi connectivity index (χ1) is 6.33. The van der Waals surface area contributed by atoms with Gasteiger partial charge in [0.25, 0.3) is 0 Å². The van der Waals surface area contributed by atoms with Crippen LogP contribution >= 0.6 is 12.2 Å². The first kappa shape index (κ1) is 10.5. The van der Waals surface area contributed by atoms with E-state index in [1.807, 2.05) is 6.92 Å². The van der Waals surface area contributed by atoms with Crippen molar-refractivity contribution in [2.24, 2.45) is 0 Å². The quantitative estimate of drug-likeness (QED) is 0.522. The van der Waals surface area contributed by atoms with Gasteiger partial charge in [-0.1, -0.05) is 6.08 Å². The fraction of sp³-hybridized carbons (Fsp3) is 0.667. The smallest absolute Gasteiger partial charge is 0.166 e. The van der Waals surface area contributed by atoms with Gasteiger partial charge in [0.1, 0.15) is 0 Å². The Labute approximate surface area is 84.5 Å². The molecule has 0 fully saturated rings. The molecule has 0 atom stereocenters. The number of hydrogen-bond donors (Lipinski definition) is 2. The second-order valence-corrected chi connectivity index (χ2v) is 3.32. The van der Waals surface area contributed by atoms with E-state index in [1.165, 1.54) is 5.57 Å². The Balaban J connectivity index is 2.17. The summed E-state index contributed by atoms with van der Waals surface area (Å²) in [6.45, 7) is 5.27. The lowest BCUT2D eigenvalue weighted by molar-refractivity contribution is 0.149. The molecule has 74 valence electrons. The Bertz CT molecular complexity index is 204. The summed E-state index contributed by atoms with van der Waals surface area (Å²) in [6, 6.07) is 0. The molecule has 1 rings (SSSR count). The number of ether oxygens (including phenoxy) is 1. The summed E-state index contributed by atoms with van der Waals surface area (Å²) < 4.78 is 5.30. The lowest BCUT2D eigenvalue weighted by Gasteiger charge is -2.15. The van der Waals surface area contributed by atoms with Gasteiger partial charge in [0.15, 0.2) is 5.11 Å². The fourth-order valence-corrected chi connectivity index (χ4v) is 1.37. The third kappa shape index (κ3) is 4.24. The van der Waals surface area contributed by atoms with Gasteiger partial charge in [0.2, 0.25) is 0 Å². The molecule has 0 aromatic carbocycles. The molecule has 0 unspecified atom stereocenters. The molecule has 0 aliphatic carbocycles. The van der Waals surface area contributed by atoms with Crippen LogP contribution < -0.4 is 10.6 Å². The molecule has 2 N–H and O–H groups in total. The van der Waals surface area contributed by atoms with Crippen molar-refractivity contribution in [3.63, 3.8) is 0 Å². The molecule has 0 amide bonds. The van der Waals surface area contributed by atoms with E-state index < -0.39 is 0 Å². The van der Waals surface area contributed by atoms with E-state index in [0.717, 1.165) is 32.7 Å². The van der Waals surface area contributed by atoms with Crippen molar-refractivity contribution < 1.29 is 4.74 Å². The molecular weight excluding hydrogens is 184 g/mol. The van der Waals surface area contributed by atoms with Crippen molar-refractivity contribution in [2.75, 3.05) is 26.3 Å². The highest BCUT2D eigenvalue weighted by molar-refractivity contribution is 7.80. The lowest BCUT2D eigenvalue weighted by atomic mass is 10.2. The summed E-state index contributed by atoms with van der Waals surface area (Å²) in [6.07, 6.45) is 3.23. The van der Waals surface area contributed by atoms with Crippen LogP contribution in [0.5, 0.6) is 0 Å². The monoisotopic (exact) mass is 200 g/mol. The largest absolute Gasteiger partial charge is 0.377 e. The molecule has 1 aliphatic heterocycles. The first-order valence-electron chi connectivity index (χ1n) is 4.60. The maximum atomic E-state index is 5.30. The van der Waals surface area contributed by atoms with Gasteiger partial charge in [-0.2, -0.15) is 0 Å². The maximum absolute atomic E-state index is 5.30. The summed E-state index contributed by atoms with van der Waals surface area (Å²) in [5, 5.41) is 6.88. The van der Waals surface area contributed by atoms with Gasteiger partial charge >= 0.3 is 0 Å². The topological polar surface area (TPSA) is 33.3 Å². The summed E-state index contributed by atoms with van der Waals surface area (Å²) in [5.41, 5.74) is 1.28. The highest BCUT2D eigenvalue weighted by Crippen LogP contribution is 2.03. The number of rotatable bonds is 3. The molecule has 0 saturated carbocycles. The average molecular weight is 200 g/mol. The number of thiocarbonyl (C=S) groups is 1. The minimum atomic E-state index is 0.717. The minimum absolute atomic E-state index is 0.717. The Kier molecular flexibility index (Phi) is 4.78. The highest BCUT2D eigenvalue weighted by Gasteiger charge is 2.03. The van der Waals surface area contributed by atoms with E-state index in [2.05, 4.69) is 16.7 Å². The molecule has 0 radical (unpaired) electrons. The van der Waals surface area contributed by atoms with Gasteiger partial charge in [-0.3, -0.25) is 0 Å². The summed E-state index contributed by atoms with van der Waals surface area (Å²) in [7, 11) is 0. The third-order valence-electron chi connectivity index (χ3n) is 1.80. The molecule has 4 heteroatoms. The van der Waals surface area contributed by atoms with Gasteiger partial charge in [0.05, 0.1) is 13.2 Å². The number of hydrogen-bond acceptors (Lipinski definition) is 2. The highest BCUT2D eigenvalue weighted by atomic mass is 32.1. The Morgan fingerprint density at radius 2 is 2.46 bits per heavy atom. The van der Waals surface area contributed by atoms with Crippen molar-refractivity contribution in [2.45, 2.75) is 13.3 Å². The molecule has 3 nitrogen and oxygen atoms in total. The van der Waals surface area contributed by atoms with Gasteiger partial charge in [-0.25, -0.2) is 0 Å². The predicted molar refractivity (Wildman–Crippen MR) is 57.8 cm³/mol. The zero-order valence-corrected chi connectivity index (χ0v) is 8.75. The van der Waals surface area contributed by atoms with E-state index in [9.17, 15) is 0 Å². The summed E-state index contributed by atoms with van der Waals surface area (Å²) in [5.74, 6) is 0. The standard InChI is InChI=1S/C9H16N2OS/c1-2-10-9(13)11-6-8-4-3-5-12-7-8/h4H,2-3,5-7H2,1H3,(H2,10,11,13). The normalized spacial score (nSPS) is 16.2. The second-order valence-electron chi connectivity index (χ2n) is 2.92. The molecule has 0 aromatic heterocycles. The molecule has 0 bridgehead atoms. The van der Waals surface area contributed by atoms with Gasteiger partial charge < -0.3 is 15.4 Å². The molecule has 0 aromatic rings. The SMILES string of the molecule is CCNC(=S)NCC1=CCCOC1. The van der Waals surface area contributed by atoms with Gasteiger partial charge in [-0.05, 0) is 31.1 Å². The zero-order valence-electron chi connectivity index (χ0n) is 7.93. The average Bonchev–Trinajstić information content (AvgIpc) is 2.17. The third-order valence-corrected chi connectivity index (χ3v) is 2.08. The predicted octanol–water partition coefficient (Wildman–Crippen LogP) is 0.817. The van der Waals surface area contributed by atoms with Crippen LogP contribution in [0.4, 0.5) is 0 Å². The molecule has 13 heavy (non-hydrogen) atoms. The van der Waals surface area contributed by atoms with Crippen LogP contribution in [0.3, 0.4) is 0 Å². The summed E-state index contributed by atoms with van der Waals surface area (Å²) >= 11 is 5.03. The number of nitrogens with one attached hydrogen (secondary N) is 2. The van der Waals surface area contributed by atoms with Crippen LogP contribution in [-0.4, -0.2) is 31.4 Å².